The summed E-state index contributed by atoms with van der Waals surface area (Å²) in [5, 5.41) is 7.71. The summed E-state index contributed by atoms with van der Waals surface area (Å²) in [6, 6.07) is 69.7. The molecule has 1 nitrogen and oxygen atoms in total. The summed E-state index contributed by atoms with van der Waals surface area (Å²) in [5.41, 5.74) is 13.5. The zero-order valence-corrected chi connectivity index (χ0v) is 31.6. The first-order valence-corrected chi connectivity index (χ1v) is 19.9. The van der Waals surface area contributed by atoms with Crippen molar-refractivity contribution in [3.8, 4) is 33.4 Å². The lowest BCUT2D eigenvalue weighted by Crippen LogP contribution is -2.16. The molecule has 0 fully saturated rings. The van der Waals surface area contributed by atoms with Crippen LogP contribution >= 0.6 is 11.3 Å². The van der Waals surface area contributed by atoms with Crippen molar-refractivity contribution in [3.05, 3.63) is 199 Å². The predicted octanol–water partition coefficient (Wildman–Crippen LogP) is 15.5. The van der Waals surface area contributed by atoms with Crippen molar-refractivity contribution in [2.24, 2.45) is 0 Å². The number of anilines is 3. The Bertz CT molecular complexity index is 3130. The van der Waals surface area contributed by atoms with E-state index in [0.717, 1.165) is 11.4 Å². The number of thiophene rings is 1. The van der Waals surface area contributed by atoms with Crippen molar-refractivity contribution in [1.82, 2.24) is 0 Å². The molecule has 1 heterocycles. The third-order valence-electron chi connectivity index (χ3n) is 11.8. The first-order valence-electron chi connectivity index (χ1n) is 19.1. The zero-order valence-electron chi connectivity index (χ0n) is 30.8. The van der Waals surface area contributed by atoms with E-state index in [4.69, 9.17) is 0 Å². The van der Waals surface area contributed by atoms with Crippen molar-refractivity contribution >= 4 is 70.1 Å². The van der Waals surface area contributed by atoms with Crippen LogP contribution in [0.25, 0.3) is 75.1 Å². The van der Waals surface area contributed by atoms with E-state index in [0.29, 0.717) is 0 Å². The van der Waals surface area contributed by atoms with Crippen LogP contribution in [0.5, 0.6) is 0 Å². The minimum Gasteiger partial charge on any atom is -0.309 e. The topological polar surface area (TPSA) is 3.24 Å². The van der Waals surface area contributed by atoms with Gasteiger partial charge in [0.15, 0.2) is 0 Å². The highest BCUT2D eigenvalue weighted by Gasteiger charge is 2.37. The molecular weight excluding hydrogens is 683 g/mol. The summed E-state index contributed by atoms with van der Waals surface area (Å²) >= 11 is 1.88. The Morgan fingerprint density at radius 3 is 1.93 bits per heavy atom. The first-order chi connectivity index (χ1) is 27.0. The number of benzene rings is 9. The molecule has 9 aromatic carbocycles. The van der Waals surface area contributed by atoms with E-state index in [-0.39, 0.29) is 5.41 Å². The van der Waals surface area contributed by atoms with E-state index < -0.39 is 0 Å². The Morgan fingerprint density at radius 1 is 0.400 bits per heavy atom. The van der Waals surface area contributed by atoms with Gasteiger partial charge in [0.05, 0.1) is 11.4 Å². The van der Waals surface area contributed by atoms with Gasteiger partial charge in [0, 0.05) is 42.4 Å². The molecule has 260 valence electrons. The fourth-order valence-electron chi connectivity index (χ4n) is 9.05. The minimum absolute atomic E-state index is 0.104. The third-order valence-corrected chi connectivity index (χ3v) is 13.0. The van der Waals surface area contributed by atoms with Crippen LogP contribution in [0.4, 0.5) is 17.1 Å². The second-order valence-electron chi connectivity index (χ2n) is 15.3. The standard InChI is InChI=1S/C53H37NS/c1-53(2)46-17-8-5-16-44(46)52-47(53)18-11-20-49(52)54(48-19-9-6-14-42(48)39-25-22-34-12-3-4-13-36(34)30-39)41-28-26-35(27-29-41)37-23-24-38-32-45-43-15-7-10-21-50(43)55-51(45)33-40(38)31-37/h3-33H,1-2H3. The Morgan fingerprint density at radius 2 is 1.04 bits per heavy atom. The highest BCUT2D eigenvalue weighted by atomic mass is 32.1. The zero-order chi connectivity index (χ0) is 36.7. The van der Waals surface area contributed by atoms with Gasteiger partial charge in [0.1, 0.15) is 0 Å². The molecular formula is C53H37NS. The van der Waals surface area contributed by atoms with Gasteiger partial charge in [-0.2, -0.15) is 0 Å². The highest BCUT2D eigenvalue weighted by Crippen LogP contribution is 2.55. The van der Waals surface area contributed by atoms with Gasteiger partial charge in [-0.05, 0) is 110 Å². The van der Waals surface area contributed by atoms with Gasteiger partial charge in [0.2, 0.25) is 0 Å². The number of fused-ring (bicyclic) bond motifs is 8. The molecule has 55 heavy (non-hydrogen) atoms. The molecule has 0 saturated heterocycles. The van der Waals surface area contributed by atoms with Crippen LogP contribution in [0.2, 0.25) is 0 Å². The quantitative estimate of drug-likeness (QED) is 0.171. The van der Waals surface area contributed by atoms with E-state index in [9.17, 15) is 0 Å². The lowest BCUT2D eigenvalue weighted by atomic mass is 9.82. The number of para-hydroxylation sites is 1. The van der Waals surface area contributed by atoms with E-state index >= 15 is 0 Å². The van der Waals surface area contributed by atoms with Gasteiger partial charge in [-0.1, -0.05) is 147 Å². The normalized spacial score (nSPS) is 13.1. The molecule has 11 rings (SSSR count). The smallest absolute Gasteiger partial charge is 0.0543 e. The van der Waals surface area contributed by atoms with Gasteiger partial charge in [-0.25, -0.2) is 0 Å². The van der Waals surface area contributed by atoms with Gasteiger partial charge in [0.25, 0.3) is 0 Å². The van der Waals surface area contributed by atoms with Crippen molar-refractivity contribution in [1.29, 1.82) is 0 Å². The molecule has 1 aromatic heterocycles. The maximum absolute atomic E-state index is 2.49. The molecule has 0 atom stereocenters. The molecule has 1 aliphatic rings. The molecule has 0 unspecified atom stereocenters. The van der Waals surface area contributed by atoms with E-state index in [1.165, 1.54) is 91.9 Å². The molecule has 0 bridgehead atoms. The Hall–Kier alpha value is -6.48. The summed E-state index contributed by atoms with van der Waals surface area (Å²) < 4.78 is 2.67. The molecule has 0 spiro atoms. The average molecular weight is 720 g/mol. The Kier molecular flexibility index (Phi) is 7.14. The first kappa shape index (κ1) is 32.0. The van der Waals surface area contributed by atoms with Gasteiger partial charge >= 0.3 is 0 Å². The van der Waals surface area contributed by atoms with Crippen LogP contribution in [-0.4, -0.2) is 0 Å². The van der Waals surface area contributed by atoms with Crippen molar-refractivity contribution in [2.45, 2.75) is 19.3 Å². The summed E-state index contributed by atoms with van der Waals surface area (Å²) in [5.74, 6) is 0. The SMILES string of the molecule is CC1(C)c2ccccc2-c2c(N(c3ccc(-c4ccc5cc6c(cc5c4)sc4ccccc46)cc3)c3ccccc3-c3ccc4ccccc4c3)cccc21. The third kappa shape index (κ3) is 5.06. The van der Waals surface area contributed by atoms with Gasteiger partial charge < -0.3 is 4.90 Å². The fourth-order valence-corrected chi connectivity index (χ4v) is 10.2. The van der Waals surface area contributed by atoms with Crippen LogP contribution in [0, 0.1) is 0 Å². The average Bonchev–Trinajstić information content (AvgIpc) is 3.71. The lowest BCUT2D eigenvalue weighted by Gasteiger charge is -2.30. The number of nitrogens with zero attached hydrogens (tertiary/aromatic N) is 1. The lowest BCUT2D eigenvalue weighted by molar-refractivity contribution is 0.660. The molecule has 1 aliphatic carbocycles. The molecule has 0 amide bonds. The van der Waals surface area contributed by atoms with Crippen molar-refractivity contribution in [2.75, 3.05) is 4.90 Å². The van der Waals surface area contributed by atoms with E-state index in [1.54, 1.807) is 0 Å². The molecule has 2 heteroatoms. The maximum atomic E-state index is 2.49. The highest BCUT2D eigenvalue weighted by molar-refractivity contribution is 7.25. The van der Waals surface area contributed by atoms with Crippen molar-refractivity contribution in [3.63, 3.8) is 0 Å². The van der Waals surface area contributed by atoms with Crippen molar-refractivity contribution < 1.29 is 0 Å². The number of hydrogen-bond acceptors (Lipinski definition) is 2. The van der Waals surface area contributed by atoms with Crippen LogP contribution in [0.3, 0.4) is 0 Å². The predicted molar refractivity (Wildman–Crippen MR) is 237 cm³/mol. The molecule has 0 saturated carbocycles. The molecule has 0 N–H and O–H groups in total. The summed E-state index contributed by atoms with van der Waals surface area (Å²) in [4.78, 5) is 2.49. The molecule has 10 aromatic rings. The summed E-state index contributed by atoms with van der Waals surface area (Å²) in [6.07, 6.45) is 0. The largest absolute Gasteiger partial charge is 0.309 e. The van der Waals surface area contributed by atoms with Gasteiger partial charge in [-0.15, -0.1) is 11.3 Å². The number of hydrogen-bond donors (Lipinski definition) is 0. The van der Waals surface area contributed by atoms with Crippen LogP contribution < -0.4 is 4.90 Å². The number of rotatable bonds is 5. The molecule has 0 radical (unpaired) electrons. The summed E-state index contributed by atoms with van der Waals surface area (Å²) in [6.45, 7) is 4.72. The van der Waals surface area contributed by atoms with Crippen LogP contribution in [-0.2, 0) is 5.41 Å². The van der Waals surface area contributed by atoms with Crippen LogP contribution in [0.15, 0.2) is 188 Å². The Labute approximate surface area is 325 Å². The fraction of sp³-hybridized carbons (Fsp3) is 0.0566. The van der Waals surface area contributed by atoms with Crippen LogP contribution in [0.1, 0.15) is 25.0 Å². The van der Waals surface area contributed by atoms with Gasteiger partial charge in [-0.3, -0.25) is 0 Å². The molecule has 0 aliphatic heterocycles. The van der Waals surface area contributed by atoms with E-state index in [1.807, 2.05) is 11.3 Å². The summed E-state index contributed by atoms with van der Waals surface area (Å²) in [7, 11) is 0. The minimum atomic E-state index is -0.104. The monoisotopic (exact) mass is 719 g/mol. The Balaban J connectivity index is 1.07. The maximum Gasteiger partial charge on any atom is 0.0543 e. The second-order valence-corrected chi connectivity index (χ2v) is 16.4. The van der Waals surface area contributed by atoms with E-state index in [2.05, 4.69) is 207 Å². The second kappa shape index (κ2) is 12.3.